The van der Waals surface area contributed by atoms with Crippen LogP contribution in [0.4, 0.5) is 0 Å². The van der Waals surface area contributed by atoms with Gasteiger partial charge in [-0.05, 0) is 12.5 Å². The first-order chi connectivity index (χ1) is 12.4. The molecule has 0 aromatic heterocycles. The summed E-state index contributed by atoms with van der Waals surface area (Å²) in [4.78, 5) is 22.0. The van der Waals surface area contributed by atoms with E-state index in [1.807, 2.05) is 0 Å². The number of hydrogen-bond acceptors (Lipinski definition) is 8. The Bertz CT molecular complexity index is 516. The highest BCUT2D eigenvalue weighted by Crippen LogP contribution is 2.16. The van der Waals surface area contributed by atoms with Crippen molar-refractivity contribution in [2.24, 2.45) is 0 Å². The van der Waals surface area contributed by atoms with Gasteiger partial charge >= 0.3 is 0 Å². The molecule has 0 saturated heterocycles. The SMILES string of the molecule is C=C(O)/C=C(CCNC(=O)COCCOCCOC)\C(=C/CO)[N+](=O)[O-]. The molecule has 0 saturated carbocycles. The lowest BCUT2D eigenvalue weighted by Crippen LogP contribution is -2.29. The maximum atomic E-state index is 11.6. The molecule has 0 unspecified atom stereocenters. The van der Waals surface area contributed by atoms with Crippen LogP contribution in [0.25, 0.3) is 0 Å². The van der Waals surface area contributed by atoms with Crippen molar-refractivity contribution in [3.05, 3.63) is 45.9 Å². The van der Waals surface area contributed by atoms with E-state index in [2.05, 4.69) is 11.9 Å². The third kappa shape index (κ3) is 12.1. The minimum Gasteiger partial charge on any atom is -0.509 e. The first-order valence-electron chi connectivity index (χ1n) is 7.87. The number of nitrogens with one attached hydrogen (secondary N) is 1. The molecule has 1 amide bonds. The highest BCUT2D eigenvalue weighted by molar-refractivity contribution is 5.77. The van der Waals surface area contributed by atoms with Crippen molar-refractivity contribution in [2.45, 2.75) is 6.42 Å². The van der Waals surface area contributed by atoms with Crippen molar-refractivity contribution in [3.8, 4) is 0 Å². The Balaban J connectivity index is 4.26. The number of aliphatic hydroxyl groups is 2. The highest BCUT2D eigenvalue weighted by Gasteiger charge is 2.17. The van der Waals surface area contributed by atoms with Gasteiger partial charge in [0.2, 0.25) is 5.91 Å². The smallest absolute Gasteiger partial charge is 0.271 e. The average Bonchev–Trinajstić information content (AvgIpc) is 2.57. The van der Waals surface area contributed by atoms with Crippen molar-refractivity contribution in [1.82, 2.24) is 5.32 Å². The molecule has 0 aromatic rings. The quantitative estimate of drug-likeness (QED) is 0.122. The van der Waals surface area contributed by atoms with E-state index < -0.39 is 17.4 Å². The average molecular weight is 374 g/mol. The summed E-state index contributed by atoms with van der Waals surface area (Å²) in [6.07, 6.45) is 2.19. The molecule has 10 heteroatoms. The number of allylic oxidation sites excluding steroid dienone is 2. The molecule has 3 N–H and O–H groups in total. The van der Waals surface area contributed by atoms with Gasteiger partial charge in [-0.3, -0.25) is 14.9 Å². The minimum atomic E-state index is -0.681. The predicted octanol–water partition coefficient (Wildman–Crippen LogP) is 0.323. The molecule has 0 bridgehead atoms. The number of carbonyl (C=O) groups is 1. The third-order valence-electron chi connectivity index (χ3n) is 2.90. The maximum Gasteiger partial charge on any atom is 0.271 e. The first kappa shape index (κ1) is 23.7. The molecule has 0 aliphatic rings. The van der Waals surface area contributed by atoms with Gasteiger partial charge in [0.05, 0.1) is 38.0 Å². The summed E-state index contributed by atoms with van der Waals surface area (Å²) < 4.78 is 15.1. The van der Waals surface area contributed by atoms with Crippen molar-refractivity contribution in [2.75, 3.05) is 53.3 Å². The summed E-state index contributed by atoms with van der Waals surface area (Å²) >= 11 is 0. The van der Waals surface area contributed by atoms with Gasteiger partial charge in [0.1, 0.15) is 12.4 Å². The molecular formula is C16H26N2O8. The van der Waals surface area contributed by atoms with Gasteiger partial charge in [-0.15, -0.1) is 0 Å². The van der Waals surface area contributed by atoms with Crippen LogP contribution >= 0.6 is 0 Å². The summed E-state index contributed by atoms with van der Waals surface area (Å²) in [5, 5.41) is 31.7. The van der Waals surface area contributed by atoms with E-state index >= 15 is 0 Å². The fraction of sp³-hybridized carbons (Fsp3) is 0.562. The minimum absolute atomic E-state index is 0.0677. The monoisotopic (exact) mass is 374 g/mol. The number of rotatable bonds is 15. The molecule has 0 radical (unpaired) electrons. The third-order valence-corrected chi connectivity index (χ3v) is 2.90. The first-order valence-corrected chi connectivity index (χ1v) is 7.87. The zero-order valence-electron chi connectivity index (χ0n) is 14.8. The fourth-order valence-electron chi connectivity index (χ4n) is 1.80. The normalized spacial score (nSPS) is 12.1. The second-order valence-electron chi connectivity index (χ2n) is 4.95. The van der Waals surface area contributed by atoms with Crippen molar-refractivity contribution in [3.63, 3.8) is 0 Å². The van der Waals surface area contributed by atoms with Crippen LogP contribution in [0.3, 0.4) is 0 Å². The standard InChI is InChI=1S/C16H26N2O8/c1-13(20)11-14(15(4-6-19)18(22)23)3-5-17-16(21)12-26-10-9-25-8-7-24-2/h4,11,19-20H,1,3,5-10,12H2,2H3,(H,17,21)/b14-11-,15-4+. The van der Waals surface area contributed by atoms with Gasteiger partial charge in [0.15, 0.2) is 0 Å². The Labute approximate surface area is 151 Å². The van der Waals surface area contributed by atoms with Crippen LogP contribution in [0.15, 0.2) is 35.8 Å². The molecule has 0 atom stereocenters. The lowest BCUT2D eigenvalue weighted by Gasteiger charge is -2.08. The van der Waals surface area contributed by atoms with Crippen LogP contribution in [0.1, 0.15) is 6.42 Å². The number of methoxy groups -OCH3 is 1. The Hall–Kier alpha value is -2.27. The van der Waals surface area contributed by atoms with E-state index in [1.54, 1.807) is 7.11 Å². The zero-order valence-corrected chi connectivity index (χ0v) is 14.8. The van der Waals surface area contributed by atoms with Crippen molar-refractivity contribution < 1.29 is 34.1 Å². The summed E-state index contributed by atoms with van der Waals surface area (Å²) in [6.45, 7) is 4.14. The second-order valence-corrected chi connectivity index (χ2v) is 4.95. The fourth-order valence-corrected chi connectivity index (χ4v) is 1.80. The number of ether oxygens (including phenoxy) is 3. The van der Waals surface area contributed by atoms with E-state index in [0.29, 0.717) is 19.8 Å². The predicted molar refractivity (Wildman–Crippen MR) is 93.2 cm³/mol. The molecule has 26 heavy (non-hydrogen) atoms. The Morgan fingerprint density at radius 2 is 1.92 bits per heavy atom. The van der Waals surface area contributed by atoms with Crippen LogP contribution in [0.2, 0.25) is 0 Å². The number of nitro groups is 1. The van der Waals surface area contributed by atoms with E-state index in [1.165, 1.54) is 0 Å². The van der Waals surface area contributed by atoms with Crippen LogP contribution in [-0.2, 0) is 19.0 Å². The lowest BCUT2D eigenvalue weighted by atomic mass is 10.1. The van der Waals surface area contributed by atoms with Gasteiger partial charge in [-0.1, -0.05) is 6.58 Å². The van der Waals surface area contributed by atoms with Gasteiger partial charge in [-0.25, -0.2) is 0 Å². The van der Waals surface area contributed by atoms with Gasteiger partial charge in [0, 0.05) is 25.3 Å². The summed E-state index contributed by atoms with van der Waals surface area (Å²) in [7, 11) is 1.56. The van der Waals surface area contributed by atoms with E-state index in [0.717, 1.165) is 12.2 Å². The Kier molecular flexibility index (Phi) is 13.7. The molecule has 0 rings (SSSR count). The number of amides is 1. The van der Waals surface area contributed by atoms with Crippen LogP contribution in [0, 0.1) is 10.1 Å². The molecule has 0 fully saturated rings. The van der Waals surface area contributed by atoms with Crippen molar-refractivity contribution >= 4 is 5.91 Å². The Morgan fingerprint density at radius 1 is 1.27 bits per heavy atom. The molecule has 0 spiro atoms. The Morgan fingerprint density at radius 3 is 2.50 bits per heavy atom. The van der Waals surface area contributed by atoms with Gasteiger partial charge in [0.25, 0.3) is 5.70 Å². The van der Waals surface area contributed by atoms with Crippen LogP contribution in [0.5, 0.6) is 0 Å². The van der Waals surface area contributed by atoms with Gasteiger partial charge < -0.3 is 29.7 Å². The molecule has 0 aliphatic carbocycles. The molecule has 148 valence electrons. The lowest BCUT2D eigenvalue weighted by molar-refractivity contribution is -0.421. The molecule has 0 aromatic carbocycles. The number of aliphatic hydroxyl groups excluding tert-OH is 2. The number of hydrogen-bond donors (Lipinski definition) is 3. The number of carbonyl (C=O) groups excluding carboxylic acids is 1. The molecule has 10 nitrogen and oxygen atoms in total. The maximum absolute atomic E-state index is 11.6. The number of nitrogens with zero attached hydrogens (tertiary/aromatic N) is 1. The molecular weight excluding hydrogens is 348 g/mol. The van der Waals surface area contributed by atoms with Crippen molar-refractivity contribution in [1.29, 1.82) is 0 Å². The topological polar surface area (TPSA) is 140 Å². The largest absolute Gasteiger partial charge is 0.509 e. The second kappa shape index (κ2) is 15.0. The zero-order chi connectivity index (χ0) is 19.8. The van der Waals surface area contributed by atoms with E-state index in [4.69, 9.17) is 19.3 Å². The summed E-state index contributed by atoms with van der Waals surface area (Å²) in [5.74, 6) is -0.758. The summed E-state index contributed by atoms with van der Waals surface area (Å²) in [6, 6.07) is 0. The van der Waals surface area contributed by atoms with Crippen LogP contribution in [-0.4, -0.2) is 74.3 Å². The summed E-state index contributed by atoms with van der Waals surface area (Å²) in [5.41, 5.74) is -0.231. The molecule has 0 heterocycles. The van der Waals surface area contributed by atoms with E-state index in [-0.39, 0.29) is 43.2 Å². The molecule has 0 aliphatic heterocycles. The highest BCUT2D eigenvalue weighted by atomic mass is 16.6. The van der Waals surface area contributed by atoms with Crippen LogP contribution < -0.4 is 5.32 Å². The van der Waals surface area contributed by atoms with Gasteiger partial charge in [-0.2, -0.15) is 0 Å². The van der Waals surface area contributed by atoms with E-state index in [9.17, 15) is 20.0 Å².